The molecule has 10 radical (unpaired) electrons. The Kier molecular flexibility index (Phi) is 9.65. The molecule has 0 atom stereocenters. The van der Waals surface area contributed by atoms with Crippen LogP contribution in [0.5, 0.6) is 0 Å². The summed E-state index contributed by atoms with van der Waals surface area (Å²) in [5, 5.41) is 3.85. The van der Waals surface area contributed by atoms with Gasteiger partial charge in [-0.1, -0.05) is 18.2 Å². The molecule has 0 bridgehead atoms. The number of para-hydroxylation sites is 1. The summed E-state index contributed by atoms with van der Waals surface area (Å²) in [5.74, 6) is 0.351. The number of nitrogens with two attached hydrogens (primary N) is 1. The van der Waals surface area contributed by atoms with Gasteiger partial charge in [-0.05, 0) is 63.9 Å². The molecular weight excluding hydrogens is 330 g/mol. The number of nitrogen functional groups attached to an aromatic ring is 1. The van der Waals surface area contributed by atoms with Crippen LogP contribution in [0.25, 0.3) is 0 Å². The van der Waals surface area contributed by atoms with Gasteiger partial charge in [0.2, 0.25) is 5.91 Å². The molecular formula is C18H17FeN3O+2. The molecule has 0 aliphatic heterocycles. The molecule has 0 spiro atoms. The Morgan fingerprint density at radius 2 is 1.52 bits per heavy atom. The van der Waals surface area contributed by atoms with Crippen LogP contribution < -0.4 is 11.2 Å². The molecule has 3 rings (SSSR count). The van der Waals surface area contributed by atoms with Gasteiger partial charge in [0.15, 0.2) is 0 Å². The van der Waals surface area contributed by atoms with Crippen LogP contribution >= 0.6 is 0 Å². The Morgan fingerprint density at radius 1 is 0.957 bits per heavy atom. The minimum atomic E-state index is -0.235. The first kappa shape index (κ1) is 19.7. The second-order valence-corrected chi connectivity index (χ2v) is 4.46. The molecule has 2 aliphatic rings. The molecule has 0 aromatic heterocycles. The first-order valence-electron chi connectivity index (χ1n) is 6.83. The van der Waals surface area contributed by atoms with E-state index in [0.717, 1.165) is 5.56 Å². The summed E-state index contributed by atoms with van der Waals surface area (Å²) in [6, 6.07) is 7.31. The molecule has 2 fully saturated rings. The van der Waals surface area contributed by atoms with Crippen LogP contribution in [0, 0.1) is 63.7 Å². The SMILES string of the molecule is Nc1ccccc1/C=N/NC(=O)[C]1[CH][CH][CH][CH]1.[CH]1[CH][CH][CH][CH]1.[Fe+2]. The van der Waals surface area contributed by atoms with Crippen molar-refractivity contribution < 1.29 is 21.9 Å². The molecule has 1 amide bonds. The van der Waals surface area contributed by atoms with E-state index in [1.165, 1.54) is 6.21 Å². The van der Waals surface area contributed by atoms with Gasteiger partial charge in [-0.25, -0.2) is 5.43 Å². The summed E-state index contributed by atoms with van der Waals surface area (Å²) in [5.41, 5.74) is 9.56. The topological polar surface area (TPSA) is 67.5 Å². The van der Waals surface area contributed by atoms with Crippen LogP contribution in [0.2, 0.25) is 0 Å². The maximum Gasteiger partial charge on any atom is 2.00 e. The van der Waals surface area contributed by atoms with Crippen molar-refractivity contribution in [1.82, 2.24) is 5.43 Å². The number of hydrazone groups is 1. The number of carbonyl (C=O) groups is 1. The minimum Gasteiger partial charge on any atom is -0.398 e. The zero-order valence-corrected chi connectivity index (χ0v) is 13.5. The zero-order chi connectivity index (χ0) is 15.6. The van der Waals surface area contributed by atoms with Crippen LogP contribution in [0.1, 0.15) is 5.56 Å². The smallest absolute Gasteiger partial charge is 0.398 e. The van der Waals surface area contributed by atoms with Crippen molar-refractivity contribution in [3.63, 3.8) is 0 Å². The second-order valence-electron chi connectivity index (χ2n) is 4.46. The van der Waals surface area contributed by atoms with E-state index in [1.807, 2.05) is 50.3 Å². The molecule has 0 heterocycles. The zero-order valence-electron chi connectivity index (χ0n) is 12.4. The van der Waals surface area contributed by atoms with Gasteiger partial charge in [0.05, 0.1) is 12.1 Å². The van der Waals surface area contributed by atoms with Gasteiger partial charge < -0.3 is 5.73 Å². The predicted molar refractivity (Wildman–Crippen MR) is 88.5 cm³/mol. The first-order valence-corrected chi connectivity index (χ1v) is 6.83. The fourth-order valence-electron chi connectivity index (χ4n) is 1.70. The summed E-state index contributed by atoms with van der Waals surface area (Å²) < 4.78 is 0. The Morgan fingerprint density at radius 3 is 2.09 bits per heavy atom. The molecule has 1 aromatic rings. The average molecular weight is 347 g/mol. The first-order chi connectivity index (χ1) is 10.8. The molecule has 3 N–H and O–H groups in total. The normalized spacial score (nSPS) is 17.4. The van der Waals surface area contributed by atoms with Gasteiger partial charge in [-0.3, -0.25) is 4.79 Å². The van der Waals surface area contributed by atoms with E-state index in [4.69, 9.17) is 5.73 Å². The van der Waals surface area contributed by atoms with Crippen molar-refractivity contribution in [3.8, 4) is 0 Å². The second kappa shape index (κ2) is 11.3. The predicted octanol–water partition coefficient (Wildman–Crippen LogP) is 2.14. The van der Waals surface area contributed by atoms with E-state index in [9.17, 15) is 4.79 Å². The Labute approximate surface area is 149 Å². The summed E-state index contributed by atoms with van der Waals surface area (Å²) in [6.45, 7) is 0. The fourth-order valence-corrected chi connectivity index (χ4v) is 1.70. The Balaban J connectivity index is 0.000000377. The van der Waals surface area contributed by atoms with Gasteiger partial charge >= 0.3 is 17.1 Å². The van der Waals surface area contributed by atoms with Crippen molar-refractivity contribution >= 4 is 17.8 Å². The number of amides is 1. The Bertz CT molecular complexity index is 487. The van der Waals surface area contributed by atoms with Crippen LogP contribution in [0.3, 0.4) is 0 Å². The molecule has 2 saturated carbocycles. The molecule has 4 nitrogen and oxygen atoms in total. The summed E-state index contributed by atoms with van der Waals surface area (Å²) >= 11 is 0. The van der Waals surface area contributed by atoms with E-state index >= 15 is 0 Å². The third-order valence-corrected chi connectivity index (χ3v) is 2.85. The Hall–Kier alpha value is -1.32. The van der Waals surface area contributed by atoms with Crippen molar-refractivity contribution in [3.05, 3.63) is 93.5 Å². The van der Waals surface area contributed by atoms with Gasteiger partial charge in [0.1, 0.15) is 0 Å². The van der Waals surface area contributed by atoms with E-state index < -0.39 is 0 Å². The summed E-state index contributed by atoms with van der Waals surface area (Å²) in [4.78, 5) is 11.5. The third kappa shape index (κ3) is 7.19. The average Bonchev–Trinajstić information content (AvgIpc) is 3.25. The fraction of sp³-hybridized carbons (Fsp3) is 0. The van der Waals surface area contributed by atoms with Gasteiger partial charge in [0.25, 0.3) is 0 Å². The maximum atomic E-state index is 11.5. The largest absolute Gasteiger partial charge is 2.00 e. The third-order valence-electron chi connectivity index (χ3n) is 2.85. The van der Waals surface area contributed by atoms with Crippen molar-refractivity contribution in [1.29, 1.82) is 0 Å². The van der Waals surface area contributed by atoms with Crippen molar-refractivity contribution in [2.24, 2.45) is 5.10 Å². The van der Waals surface area contributed by atoms with Gasteiger partial charge in [-0.15, -0.1) is 0 Å². The van der Waals surface area contributed by atoms with E-state index in [0.29, 0.717) is 11.6 Å². The van der Waals surface area contributed by atoms with Crippen LogP contribution in [0.4, 0.5) is 5.69 Å². The van der Waals surface area contributed by atoms with Crippen LogP contribution in [0.15, 0.2) is 29.4 Å². The van der Waals surface area contributed by atoms with E-state index in [-0.39, 0.29) is 23.0 Å². The molecule has 0 unspecified atom stereocenters. The number of hydrogen-bond acceptors (Lipinski definition) is 3. The number of hydrogen-bond donors (Lipinski definition) is 2. The summed E-state index contributed by atoms with van der Waals surface area (Å²) in [6.07, 6.45) is 18.6. The number of carbonyl (C=O) groups excluding carboxylic acids is 1. The van der Waals surface area contributed by atoms with Crippen LogP contribution in [-0.2, 0) is 21.9 Å². The molecule has 2 aliphatic carbocycles. The molecule has 116 valence electrons. The maximum absolute atomic E-state index is 11.5. The number of rotatable bonds is 3. The van der Waals surface area contributed by atoms with Gasteiger partial charge in [0, 0.05) is 11.3 Å². The number of nitrogens with zero attached hydrogens (tertiary/aromatic N) is 1. The summed E-state index contributed by atoms with van der Waals surface area (Å²) in [7, 11) is 0. The molecule has 0 saturated heterocycles. The molecule has 5 heteroatoms. The van der Waals surface area contributed by atoms with Crippen LogP contribution in [-0.4, -0.2) is 12.1 Å². The molecule has 1 aromatic carbocycles. The van der Waals surface area contributed by atoms with Crippen molar-refractivity contribution in [2.75, 3.05) is 5.73 Å². The van der Waals surface area contributed by atoms with E-state index in [2.05, 4.69) is 10.5 Å². The monoisotopic (exact) mass is 347 g/mol. The van der Waals surface area contributed by atoms with Gasteiger partial charge in [-0.2, -0.15) is 5.10 Å². The number of nitrogens with one attached hydrogen (secondary N) is 1. The number of benzene rings is 1. The van der Waals surface area contributed by atoms with E-state index in [1.54, 1.807) is 31.7 Å². The standard InChI is InChI=1S/C13H12N3O.C5H5.Fe/c14-12-8-4-3-7-11(12)9-15-16-13(17)10-5-1-2-6-10;1-2-4-5-3-1;/h1-9H,14H2,(H,16,17);1-5H;/q;;+2/b15-9+;;. The molecule has 23 heavy (non-hydrogen) atoms. The minimum absolute atomic E-state index is 0. The quantitative estimate of drug-likeness (QED) is 0.381. The number of anilines is 1. The van der Waals surface area contributed by atoms with Crippen molar-refractivity contribution in [2.45, 2.75) is 0 Å².